The van der Waals surface area contributed by atoms with Gasteiger partial charge in [-0.1, -0.05) is 6.92 Å². The number of likely N-dealkylation sites (N-methyl/N-ethyl adjacent to an activating group) is 1. The minimum Gasteiger partial charge on any atom is -0.484 e. The summed E-state index contributed by atoms with van der Waals surface area (Å²) in [5.74, 6) is 0.253. The Morgan fingerprint density at radius 1 is 1.20 bits per heavy atom. The molecule has 0 aliphatic carbocycles. The van der Waals surface area contributed by atoms with Gasteiger partial charge in [0.1, 0.15) is 5.75 Å². The highest BCUT2D eigenvalue weighted by Gasteiger charge is 2.14. The summed E-state index contributed by atoms with van der Waals surface area (Å²) in [7, 11) is 0. The Hall–Kier alpha value is -2.19. The summed E-state index contributed by atoms with van der Waals surface area (Å²) >= 11 is 0. The van der Waals surface area contributed by atoms with Crippen molar-refractivity contribution in [3.05, 3.63) is 34.4 Å². The fraction of sp³-hybridized carbons (Fsp3) is 0.588. The SMILES string of the molecule is CCN1CCN(CCCNC(=O)COc2ccc([N+](=O)[O-])cc2)CC1. The Morgan fingerprint density at radius 2 is 1.84 bits per heavy atom. The van der Waals surface area contributed by atoms with E-state index in [4.69, 9.17) is 4.74 Å². The summed E-state index contributed by atoms with van der Waals surface area (Å²) in [6.45, 7) is 9.22. The molecule has 1 aliphatic heterocycles. The molecule has 1 saturated heterocycles. The van der Waals surface area contributed by atoms with Crippen molar-refractivity contribution in [2.75, 3.05) is 52.4 Å². The molecule has 8 heteroatoms. The highest BCUT2D eigenvalue weighted by Crippen LogP contribution is 2.17. The van der Waals surface area contributed by atoms with Crippen LogP contribution in [0.1, 0.15) is 13.3 Å². The molecule has 8 nitrogen and oxygen atoms in total. The van der Waals surface area contributed by atoms with Crippen molar-refractivity contribution in [1.82, 2.24) is 15.1 Å². The number of hydrogen-bond donors (Lipinski definition) is 1. The molecular weight excluding hydrogens is 324 g/mol. The van der Waals surface area contributed by atoms with Gasteiger partial charge in [0, 0.05) is 44.9 Å². The lowest BCUT2D eigenvalue weighted by molar-refractivity contribution is -0.384. The average molecular weight is 350 g/mol. The van der Waals surface area contributed by atoms with Gasteiger partial charge >= 0.3 is 0 Å². The minimum atomic E-state index is -0.474. The molecule has 25 heavy (non-hydrogen) atoms. The molecule has 1 aromatic rings. The monoisotopic (exact) mass is 350 g/mol. The largest absolute Gasteiger partial charge is 0.484 e. The van der Waals surface area contributed by atoms with Gasteiger partial charge in [0.25, 0.3) is 11.6 Å². The molecule has 1 fully saturated rings. The van der Waals surface area contributed by atoms with E-state index in [9.17, 15) is 14.9 Å². The molecule has 1 N–H and O–H groups in total. The molecule has 0 aromatic heterocycles. The second kappa shape index (κ2) is 9.95. The van der Waals surface area contributed by atoms with E-state index in [0.29, 0.717) is 12.3 Å². The van der Waals surface area contributed by atoms with Gasteiger partial charge < -0.3 is 19.9 Å². The van der Waals surface area contributed by atoms with E-state index in [0.717, 1.165) is 45.7 Å². The average Bonchev–Trinajstić information content (AvgIpc) is 2.64. The number of rotatable bonds is 9. The van der Waals surface area contributed by atoms with Gasteiger partial charge in [-0.3, -0.25) is 14.9 Å². The van der Waals surface area contributed by atoms with E-state index in [-0.39, 0.29) is 18.2 Å². The van der Waals surface area contributed by atoms with Crippen LogP contribution in [-0.4, -0.2) is 73.1 Å². The summed E-state index contributed by atoms with van der Waals surface area (Å²) in [6, 6.07) is 5.68. The maximum atomic E-state index is 11.8. The van der Waals surface area contributed by atoms with Crippen molar-refractivity contribution >= 4 is 11.6 Å². The zero-order valence-corrected chi connectivity index (χ0v) is 14.6. The zero-order chi connectivity index (χ0) is 18.1. The molecule has 0 bridgehead atoms. The molecule has 138 valence electrons. The lowest BCUT2D eigenvalue weighted by atomic mass is 10.3. The van der Waals surface area contributed by atoms with Crippen molar-refractivity contribution in [1.29, 1.82) is 0 Å². The Morgan fingerprint density at radius 3 is 2.44 bits per heavy atom. The third-order valence-corrected chi connectivity index (χ3v) is 4.30. The molecule has 1 aliphatic rings. The van der Waals surface area contributed by atoms with E-state index < -0.39 is 4.92 Å². The number of nitro benzene ring substituents is 1. The van der Waals surface area contributed by atoms with Crippen LogP contribution < -0.4 is 10.1 Å². The Labute approximate surface area is 147 Å². The first-order chi connectivity index (χ1) is 12.1. The number of amides is 1. The Kier molecular flexibility index (Phi) is 7.62. The van der Waals surface area contributed by atoms with Gasteiger partial charge in [-0.2, -0.15) is 0 Å². The van der Waals surface area contributed by atoms with E-state index in [1.54, 1.807) is 0 Å². The first-order valence-electron chi connectivity index (χ1n) is 8.67. The van der Waals surface area contributed by atoms with Gasteiger partial charge in [0.05, 0.1) is 4.92 Å². The number of non-ortho nitro benzene ring substituents is 1. The molecule has 1 amide bonds. The molecule has 0 radical (unpaired) electrons. The number of benzene rings is 1. The Bertz CT molecular complexity index is 556. The van der Waals surface area contributed by atoms with Crippen LogP contribution >= 0.6 is 0 Å². The summed E-state index contributed by atoms with van der Waals surface area (Å²) in [5, 5.41) is 13.4. The first kappa shape index (κ1) is 19.1. The first-order valence-corrected chi connectivity index (χ1v) is 8.67. The second-order valence-electron chi connectivity index (χ2n) is 6.02. The number of carbonyl (C=O) groups excluding carboxylic acids is 1. The number of hydrogen-bond acceptors (Lipinski definition) is 6. The van der Waals surface area contributed by atoms with Crippen LogP contribution in [0.5, 0.6) is 5.75 Å². The van der Waals surface area contributed by atoms with Crippen LogP contribution in [0.15, 0.2) is 24.3 Å². The molecule has 0 atom stereocenters. The second-order valence-corrected chi connectivity index (χ2v) is 6.02. The number of carbonyl (C=O) groups is 1. The van der Waals surface area contributed by atoms with Crippen molar-refractivity contribution in [2.24, 2.45) is 0 Å². The summed E-state index contributed by atoms with van der Waals surface area (Å²) in [6.07, 6.45) is 0.912. The summed E-state index contributed by atoms with van der Waals surface area (Å²) in [5.41, 5.74) is -0.00317. The van der Waals surface area contributed by atoms with Crippen LogP contribution in [0.2, 0.25) is 0 Å². The third-order valence-electron chi connectivity index (χ3n) is 4.30. The van der Waals surface area contributed by atoms with Gasteiger partial charge in [0.15, 0.2) is 6.61 Å². The van der Waals surface area contributed by atoms with E-state index in [2.05, 4.69) is 22.0 Å². The van der Waals surface area contributed by atoms with Crippen LogP contribution in [0, 0.1) is 10.1 Å². The van der Waals surface area contributed by atoms with Crippen molar-refractivity contribution in [3.63, 3.8) is 0 Å². The van der Waals surface area contributed by atoms with Gasteiger partial charge in [-0.05, 0) is 31.6 Å². The number of nitrogens with one attached hydrogen (secondary N) is 1. The third kappa shape index (κ3) is 6.67. The Balaban J connectivity index is 1.56. The fourth-order valence-corrected chi connectivity index (χ4v) is 2.72. The number of nitro groups is 1. The predicted molar refractivity (Wildman–Crippen MR) is 94.8 cm³/mol. The molecule has 1 heterocycles. The van der Waals surface area contributed by atoms with Crippen LogP contribution in [-0.2, 0) is 4.79 Å². The number of piperazine rings is 1. The quantitative estimate of drug-likeness (QED) is 0.408. The van der Waals surface area contributed by atoms with E-state index >= 15 is 0 Å². The van der Waals surface area contributed by atoms with E-state index in [1.165, 1.54) is 24.3 Å². The van der Waals surface area contributed by atoms with Crippen molar-refractivity contribution < 1.29 is 14.5 Å². The maximum absolute atomic E-state index is 11.8. The van der Waals surface area contributed by atoms with Gasteiger partial charge in [-0.25, -0.2) is 0 Å². The van der Waals surface area contributed by atoms with Crippen LogP contribution in [0.4, 0.5) is 5.69 Å². The van der Waals surface area contributed by atoms with Crippen LogP contribution in [0.25, 0.3) is 0 Å². The van der Waals surface area contributed by atoms with Crippen molar-refractivity contribution in [2.45, 2.75) is 13.3 Å². The fourth-order valence-electron chi connectivity index (χ4n) is 2.72. The van der Waals surface area contributed by atoms with Crippen LogP contribution in [0.3, 0.4) is 0 Å². The maximum Gasteiger partial charge on any atom is 0.269 e. The topological polar surface area (TPSA) is 88.0 Å². The molecule has 2 rings (SSSR count). The summed E-state index contributed by atoms with van der Waals surface area (Å²) in [4.78, 5) is 26.7. The molecular formula is C17H26N4O4. The normalized spacial score (nSPS) is 15.7. The zero-order valence-electron chi connectivity index (χ0n) is 14.6. The summed E-state index contributed by atoms with van der Waals surface area (Å²) < 4.78 is 5.32. The molecule has 1 aromatic carbocycles. The lowest BCUT2D eigenvalue weighted by Crippen LogP contribution is -2.46. The van der Waals surface area contributed by atoms with E-state index in [1.807, 2.05) is 0 Å². The predicted octanol–water partition coefficient (Wildman–Crippen LogP) is 1.12. The van der Waals surface area contributed by atoms with Crippen molar-refractivity contribution in [3.8, 4) is 5.75 Å². The number of ether oxygens (including phenoxy) is 1. The molecule has 0 unspecified atom stereocenters. The smallest absolute Gasteiger partial charge is 0.269 e. The lowest BCUT2D eigenvalue weighted by Gasteiger charge is -2.33. The standard InChI is InChI=1S/C17H26N4O4/c1-2-19-10-12-20(13-11-19)9-3-8-18-17(22)14-25-16-6-4-15(5-7-16)21(23)24/h4-7H,2-3,8-14H2,1H3,(H,18,22). The molecule has 0 spiro atoms. The number of nitrogens with zero attached hydrogens (tertiary/aromatic N) is 3. The van der Waals surface area contributed by atoms with Gasteiger partial charge in [-0.15, -0.1) is 0 Å². The highest BCUT2D eigenvalue weighted by atomic mass is 16.6. The minimum absolute atomic E-state index is 0.00317. The highest BCUT2D eigenvalue weighted by molar-refractivity contribution is 5.77. The van der Waals surface area contributed by atoms with Gasteiger partial charge in [0.2, 0.25) is 0 Å². The molecule has 0 saturated carbocycles.